The molecule has 0 rings (SSSR count). The molecule has 0 aliphatic rings. The molecule has 0 aromatic rings. The molecule has 13 heavy (non-hydrogen) atoms. The molecule has 0 aliphatic heterocycles. The molecule has 2 atom stereocenters. The van der Waals surface area contributed by atoms with Gasteiger partial charge in [-0.1, -0.05) is 6.92 Å². The van der Waals surface area contributed by atoms with Crippen LogP contribution in [-0.4, -0.2) is 29.9 Å². The molecule has 0 aromatic carbocycles. The van der Waals surface area contributed by atoms with E-state index < -0.39 is 6.04 Å². The molecule has 74 valence electrons. The smallest absolute Gasteiger partial charge is 0.239 e. The van der Waals surface area contributed by atoms with Crippen molar-refractivity contribution in [1.82, 2.24) is 4.90 Å². The number of carbonyl (C=O) groups is 1. The Morgan fingerprint density at radius 1 is 1.69 bits per heavy atom. The summed E-state index contributed by atoms with van der Waals surface area (Å²) in [6.45, 7) is 3.70. The number of carbonyl (C=O) groups excluding carboxylic acids is 1. The Hall–Kier alpha value is -1.08. The van der Waals surface area contributed by atoms with Crippen LogP contribution in [0.15, 0.2) is 0 Å². The van der Waals surface area contributed by atoms with Crippen LogP contribution in [0, 0.1) is 11.3 Å². The van der Waals surface area contributed by atoms with Crippen molar-refractivity contribution in [3.63, 3.8) is 0 Å². The van der Waals surface area contributed by atoms with Gasteiger partial charge in [0.05, 0.1) is 18.5 Å². The molecule has 4 heteroatoms. The second-order valence-corrected chi connectivity index (χ2v) is 3.18. The molecule has 0 aromatic heterocycles. The highest BCUT2D eigenvalue weighted by molar-refractivity contribution is 5.81. The lowest BCUT2D eigenvalue weighted by Crippen LogP contribution is -2.45. The van der Waals surface area contributed by atoms with E-state index in [1.165, 1.54) is 4.90 Å². The topological polar surface area (TPSA) is 70.1 Å². The zero-order chi connectivity index (χ0) is 10.4. The second kappa shape index (κ2) is 5.55. The van der Waals surface area contributed by atoms with Crippen molar-refractivity contribution < 1.29 is 4.79 Å². The van der Waals surface area contributed by atoms with E-state index in [-0.39, 0.29) is 11.9 Å². The highest BCUT2D eigenvalue weighted by Gasteiger charge is 2.19. The minimum Gasteiger partial charge on any atom is -0.341 e. The molecule has 0 bridgehead atoms. The Morgan fingerprint density at radius 2 is 2.23 bits per heavy atom. The average molecular weight is 183 g/mol. The number of hydrogen-bond acceptors (Lipinski definition) is 3. The molecular weight excluding hydrogens is 166 g/mol. The van der Waals surface area contributed by atoms with Gasteiger partial charge in [-0.2, -0.15) is 5.26 Å². The van der Waals surface area contributed by atoms with Gasteiger partial charge in [-0.15, -0.1) is 0 Å². The van der Waals surface area contributed by atoms with Crippen molar-refractivity contribution >= 4 is 5.91 Å². The summed E-state index contributed by atoms with van der Waals surface area (Å²) in [4.78, 5) is 13.0. The van der Waals surface area contributed by atoms with Crippen LogP contribution in [0.2, 0.25) is 0 Å². The van der Waals surface area contributed by atoms with Crippen molar-refractivity contribution in [2.75, 3.05) is 7.05 Å². The first-order valence-electron chi connectivity index (χ1n) is 4.43. The minimum atomic E-state index is -0.439. The lowest BCUT2D eigenvalue weighted by molar-refractivity contribution is -0.133. The molecule has 0 aliphatic carbocycles. The molecule has 4 nitrogen and oxygen atoms in total. The summed E-state index contributed by atoms with van der Waals surface area (Å²) >= 11 is 0. The monoisotopic (exact) mass is 183 g/mol. The Balaban J connectivity index is 4.18. The van der Waals surface area contributed by atoms with E-state index in [2.05, 4.69) is 0 Å². The van der Waals surface area contributed by atoms with E-state index in [1.54, 1.807) is 7.05 Å². The van der Waals surface area contributed by atoms with Gasteiger partial charge in [0.1, 0.15) is 0 Å². The third-order valence-corrected chi connectivity index (χ3v) is 2.15. The van der Waals surface area contributed by atoms with Crippen LogP contribution in [0.1, 0.15) is 26.7 Å². The second-order valence-electron chi connectivity index (χ2n) is 3.18. The number of nitriles is 1. The molecule has 0 heterocycles. The van der Waals surface area contributed by atoms with E-state index in [0.717, 1.165) is 0 Å². The first-order valence-corrected chi connectivity index (χ1v) is 4.43. The summed E-state index contributed by atoms with van der Waals surface area (Å²) in [6, 6.07) is 1.53. The maximum absolute atomic E-state index is 11.5. The van der Waals surface area contributed by atoms with Crippen LogP contribution in [0.25, 0.3) is 0 Å². The van der Waals surface area contributed by atoms with Gasteiger partial charge in [0, 0.05) is 13.1 Å². The molecular formula is C9H17N3O. The zero-order valence-corrected chi connectivity index (χ0v) is 8.45. The van der Waals surface area contributed by atoms with Gasteiger partial charge in [0.2, 0.25) is 5.91 Å². The number of nitrogens with two attached hydrogens (primary N) is 1. The van der Waals surface area contributed by atoms with Gasteiger partial charge in [0.25, 0.3) is 0 Å². The van der Waals surface area contributed by atoms with Crippen molar-refractivity contribution in [2.45, 2.75) is 38.8 Å². The van der Waals surface area contributed by atoms with Crippen LogP contribution in [0.4, 0.5) is 0 Å². The maximum Gasteiger partial charge on any atom is 0.239 e. The third-order valence-electron chi connectivity index (χ3n) is 2.15. The van der Waals surface area contributed by atoms with Crippen molar-refractivity contribution in [3.8, 4) is 6.07 Å². The quantitative estimate of drug-likeness (QED) is 0.689. The fourth-order valence-corrected chi connectivity index (χ4v) is 0.922. The number of hydrogen-bond donors (Lipinski definition) is 1. The van der Waals surface area contributed by atoms with Gasteiger partial charge in [0.15, 0.2) is 0 Å². The van der Waals surface area contributed by atoms with Crippen LogP contribution >= 0.6 is 0 Å². The molecule has 0 saturated carbocycles. The Labute approximate surface area is 79.3 Å². The van der Waals surface area contributed by atoms with Gasteiger partial charge in [-0.25, -0.2) is 0 Å². The summed E-state index contributed by atoms with van der Waals surface area (Å²) < 4.78 is 0. The summed E-state index contributed by atoms with van der Waals surface area (Å²) in [5.74, 6) is -0.0924. The van der Waals surface area contributed by atoms with Gasteiger partial charge in [-0.05, 0) is 13.3 Å². The largest absolute Gasteiger partial charge is 0.341 e. The zero-order valence-electron chi connectivity index (χ0n) is 8.45. The molecule has 0 radical (unpaired) electrons. The van der Waals surface area contributed by atoms with Crippen LogP contribution in [0.3, 0.4) is 0 Å². The standard InChI is InChI=1S/C9H17N3O/c1-4-8(11)9(13)12(3)7(2)5-6-10/h7-8H,4-5,11H2,1-3H3/t7?,8-/m1/s1. The maximum atomic E-state index is 11.5. The first-order chi connectivity index (χ1) is 6.04. The lowest BCUT2D eigenvalue weighted by atomic mass is 10.1. The molecule has 2 N–H and O–H groups in total. The molecule has 1 amide bonds. The number of likely N-dealkylation sites (N-methyl/N-ethyl adjacent to an activating group) is 1. The van der Waals surface area contributed by atoms with Crippen molar-refractivity contribution in [3.05, 3.63) is 0 Å². The van der Waals surface area contributed by atoms with Crippen LogP contribution in [0.5, 0.6) is 0 Å². The predicted octanol–water partition coefficient (Wildman–Crippen LogP) is 0.484. The molecule has 0 saturated heterocycles. The van der Waals surface area contributed by atoms with Crippen LogP contribution in [-0.2, 0) is 4.79 Å². The highest BCUT2D eigenvalue weighted by Crippen LogP contribution is 2.03. The number of rotatable bonds is 4. The van der Waals surface area contributed by atoms with E-state index in [9.17, 15) is 4.79 Å². The molecule has 0 fully saturated rings. The van der Waals surface area contributed by atoms with E-state index in [0.29, 0.717) is 12.8 Å². The fourth-order valence-electron chi connectivity index (χ4n) is 0.922. The number of amides is 1. The first kappa shape index (κ1) is 11.9. The normalized spacial score (nSPS) is 14.4. The van der Waals surface area contributed by atoms with Gasteiger partial charge >= 0.3 is 0 Å². The SMILES string of the molecule is CC[C@@H](N)C(=O)N(C)C(C)CC#N. The molecule has 0 spiro atoms. The van der Waals surface area contributed by atoms with E-state index in [1.807, 2.05) is 19.9 Å². The summed E-state index contributed by atoms with van der Waals surface area (Å²) in [5.41, 5.74) is 5.58. The van der Waals surface area contributed by atoms with E-state index >= 15 is 0 Å². The Morgan fingerprint density at radius 3 is 2.62 bits per heavy atom. The van der Waals surface area contributed by atoms with Crippen molar-refractivity contribution in [1.29, 1.82) is 5.26 Å². The van der Waals surface area contributed by atoms with Crippen LogP contribution < -0.4 is 5.73 Å². The summed E-state index contributed by atoms with van der Waals surface area (Å²) in [5, 5.41) is 8.44. The Kier molecular flexibility index (Phi) is 5.09. The van der Waals surface area contributed by atoms with E-state index in [4.69, 9.17) is 11.0 Å². The summed E-state index contributed by atoms with van der Waals surface area (Å²) in [6.07, 6.45) is 0.973. The molecule has 1 unspecified atom stereocenters. The van der Waals surface area contributed by atoms with Gasteiger partial charge < -0.3 is 10.6 Å². The van der Waals surface area contributed by atoms with Gasteiger partial charge in [-0.3, -0.25) is 4.79 Å². The Bertz CT molecular complexity index is 209. The van der Waals surface area contributed by atoms with Crippen molar-refractivity contribution in [2.24, 2.45) is 5.73 Å². The predicted molar refractivity (Wildman–Crippen MR) is 50.7 cm³/mol. The lowest BCUT2D eigenvalue weighted by Gasteiger charge is -2.25. The number of nitrogens with zero attached hydrogens (tertiary/aromatic N) is 2. The fraction of sp³-hybridized carbons (Fsp3) is 0.778. The average Bonchev–Trinajstić information content (AvgIpc) is 2.14. The minimum absolute atomic E-state index is 0.0601. The third kappa shape index (κ3) is 3.43. The summed E-state index contributed by atoms with van der Waals surface area (Å²) in [7, 11) is 1.68. The highest BCUT2D eigenvalue weighted by atomic mass is 16.2.